The van der Waals surface area contributed by atoms with Gasteiger partial charge in [0.2, 0.25) is 5.91 Å². The monoisotopic (exact) mass is 354 g/mol. The van der Waals surface area contributed by atoms with E-state index in [1.165, 1.54) is 0 Å². The van der Waals surface area contributed by atoms with Crippen molar-refractivity contribution in [2.45, 2.75) is 25.4 Å². The molecule has 0 saturated carbocycles. The van der Waals surface area contributed by atoms with E-state index in [2.05, 4.69) is 20.6 Å². The highest BCUT2D eigenvalue weighted by atomic mass is 16.5. The molecule has 0 radical (unpaired) electrons. The molecule has 3 heterocycles. The highest BCUT2D eigenvalue weighted by Crippen LogP contribution is 2.29. The summed E-state index contributed by atoms with van der Waals surface area (Å²) >= 11 is 0. The second kappa shape index (κ2) is 7.25. The van der Waals surface area contributed by atoms with E-state index in [9.17, 15) is 4.79 Å². The van der Waals surface area contributed by atoms with Gasteiger partial charge in [0, 0.05) is 32.7 Å². The zero-order valence-electron chi connectivity index (χ0n) is 14.7. The van der Waals surface area contributed by atoms with Crippen LogP contribution in [0.25, 0.3) is 11.0 Å². The van der Waals surface area contributed by atoms with Crippen molar-refractivity contribution in [3.63, 3.8) is 0 Å². The number of imidazole rings is 1. The van der Waals surface area contributed by atoms with Gasteiger partial charge >= 0.3 is 0 Å². The molecule has 1 amide bonds. The number of hydrogen-bond acceptors (Lipinski definition) is 5. The highest BCUT2D eigenvalue weighted by Gasteiger charge is 2.29. The number of aromatic nitrogens is 5. The number of carbonyl (C=O) groups excluding carboxylic acids is 1. The Hall–Kier alpha value is -2.74. The summed E-state index contributed by atoms with van der Waals surface area (Å²) in [6, 6.07) is 7.48. The summed E-state index contributed by atoms with van der Waals surface area (Å²) in [4.78, 5) is 17.2. The number of nitrogens with zero attached hydrogens (tertiary/aromatic N) is 5. The molecule has 1 aliphatic heterocycles. The Morgan fingerprint density at radius 3 is 2.92 bits per heavy atom. The van der Waals surface area contributed by atoms with Crippen LogP contribution in [0.1, 0.15) is 24.7 Å². The minimum atomic E-state index is -0.138. The number of ether oxygens (including phenoxy) is 1. The SMILES string of the molecule is Cn1ccnc1[C@H](NC(=O)Cn1nnc2ccccc21)C1CCOCC1. The number of hydrogen-bond donors (Lipinski definition) is 1. The maximum absolute atomic E-state index is 12.7. The predicted molar refractivity (Wildman–Crippen MR) is 95.2 cm³/mol. The highest BCUT2D eigenvalue weighted by molar-refractivity contribution is 5.80. The molecule has 1 atom stereocenters. The molecule has 8 nitrogen and oxygen atoms in total. The van der Waals surface area contributed by atoms with E-state index in [1.807, 2.05) is 42.1 Å². The minimum Gasteiger partial charge on any atom is -0.381 e. The van der Waals surface area contributed by atoms with E-state index >= 15 is 0 Å². The van der Waals surface area contributed by atoms with Crippen LogP contribution in [0.15, 0.2) is 36.7 Å². The number of aryl methyl sites for hydroxylation is 1. The summed E-state index contributed by atoms with van der Waals surface area (Å²) in [7, 11) is 1.95. The maximum atomic E-state index is 12.7. The van der Waals surface area contributed by atoms with Crippen molar-refractivity contribution >= 4 is 16.9 Å². The van der Waals surface area contributed by atoms with Crippen molar-refractivity contribution < 1.29 is 9.53 Å². The number of rotatable bonds is 5. The van der Waals surface area contributed by atoms with Crippen molar-refractivity contribution in [2.24, 2.45) is 13.0 Å². The van der Waals surface area contributed by atoms with Crippen molar-refractivity contribution in [2.75, 3.05) is 13.2 Å². The lowest BCUT2D eigenvalue weighted by Crippen LogP contribution is -2.39. The summed E-state index contributed by atoms with van der Waals surface area (Å²) in [5.41, 5.74) is 1.63. The molecule has 8 heteroatoms. The third-order valence-electron chi connectivity index (χ3n) is 4.90. The van der Waals surface area contributed by atoms with E-state index in [0.717, 1.165) is 42.9 Å². The molecule has 1 N–H and O–H groups in total. The Morgan fingerprint density at radius 2 is 2.15 bits per heavy atom. The lowest BCUT2D eigenvalue weighted by Gasteiger charge is -2.30. The first-order valence-electron chi connectivity index (χ1n) is 8.85. The van der Waals surface area contributed by atoms with Crippen molar-refractivity contribution in [3.05, 3.63) is 42.5 Å². The minimum absolute atomic E-state index is 0.0971. The van der Waals surface area contributed by atoms with Gasteiger partial charge in [-0.05, 0) is 30.9 Å². The molecular weight excluding hydrogens is 332 g/mol. The lowest BCUT2D eigenvalue weighted by atomic mass is 9.91. The first kappa shape index (κ1) is 16.7. The zero-order valence-corrected chi connectivity index (χ0v) is 14.7. The molecule has 1 aromatic carbocycles. The van der Waals surface area contributed by atoms with Gasteiger partial charge in [-0.25, -0.2) is 9.67 Å². The molecule has 0 aliphatic carbocycles. The third kappa shape index (κ3) is 3.32. The average Bonchev–Trinajstić information content (AvgIpc) is 3.27. The second-order valence-electron chi connectivity index (χ2n) is 6.63. The third-order valence-corrected chi connectivity index (χ3v) is 4.90. The van der Waals surface area contributed by atoms with Crippen LogP contribution in [-0.2, 0) is 23.1 Å². The molecule has 0 spiro atoms. The van der Waals surface area contributed by atoms with Gasteiger partial charge in [-0.2, -0.15) is 0 Å². The van der Waals surface area contributed by atoms with Gasteiger partial charge in [-0.1, -0.05) is 17.3 Å². The molecule has 26 heavy (non-hydrogen) atoms. The summed E-state index contributed by atoms with van der Waals surface area (Å²) in [5, 5.41) is 11.4. The fraction of sp³-hybridized carbons (Fsp3) is 0.444. The maximum Gasteiger partial charge on any atom is 0.242 e. The van der Waals surface area contributed by atoms with E-state index in [0.29, 0.717) is 5.92 Å². The Morgan fingerprint density at radius 1 is 1.35 bits per heavy atom. The van der Waals surface area contributed by atoms with E-state index in [1.54, 1.807) is 10.9 Å². The van der Waals surface area contributed by atoms with Crippen molar-refractivity contribution in [1.82, 2.24) is 29.9 Å². The number of fused-ring (bicyclic) bond motifs is 1. The molecule has 2 aromatic heterocycles. The Balaban J connectivity index is 1.53. The molecule has 0 bridgehead atoms. The van der Waals surface area contributed by atoms with E-state index < -0.39 is 0 Å². The molecule has 1 aliphatic rings. The lowest BCUT2D eigenvalue weighted by molar-refractivity contribution is -0.123. The van der Waals surface area contributed by atoms with Gasteiger partial charge in [0.15, 0.2) is 0 Å². The quantitative estimate of drug-likeness (QED) is 0.749. The summed E-state index contributed by atoms with van der Waals surface area (Å²) in [6.45, 7) is 1.56. The van der Waals surface area contributed by atoms with Gasteiger partial charge in [-0.15, -0.1) is 5.10 Å². The summed E-state index contributed by atoms with van der Waals surface area (Å²) in [5.74, 6) is 1.08. The normalized spacial score (nSPS) is 16.7. The van der Waals surface area contributed by atoms with Crippen LogP contribution in [0, 0.1) is 5.92 Å². The Kier molecular flexibility index (Phi) is 4.66. The van der Waals surface area contributed by atoms with Crippen LogP contribution in [0.5, 0.6) is 0 Å². The fourth-order valence-corrected chi connectivity index (χ4v) is 3.51. The average molecular weight is 354 g/mol. The van der Waals surface area contributed by atoms with Crippen molar-refractivity contribution in [3.8, 4) is 0 Å². The van der Waals surface area contributed by atoms with Gasteiger partial charge in [-0.3, -0.25) is 4.79 Å². The molecular formula is C18H22N6O2. The molecule has 1 fully saturated rings. The standard InChI is InChI=1S/C18H22N6O2/c1-23-9-8-19-18(23)17(13-6-10-26-11-7-13)20-16(25)12-24-15-5-3-2-4-14(15)21-22-24/h2-5,8-9,13,17H,6-7,10-12H2,1H3,(H,20,25)/t17-/m1/s1. The van der Waals surface area contributed by atoms with Crippen LogP contribution in [0.2, 0.25) is 0 Å². The number of amides is 1. The van der Waals surface area contributed by atoms with Crippen LogP contribution in [-0.4, -0.2) is 43.7 Å². The van der Waals surface area contributed by atoms with E-state index in [-0.39, 0.29) is 18.5 Å². The second-order valence-corrected chi connectivity index (χ2v) is 6.63. The largest absolute Gasteiger partial charge is 0.381 e. The molecule has 136 valence electrons. The molecule has 0 unspecified atom stereocenters. The van der Waals surface area contributed by atoms with Gasteiger partial charge in [0.1, 0.15) is 17.9 Å². The van der Waals surface area contributed by atoms with Crippen LogP contribution < -0.4 is 5.32 Å². The Labute approximate surface area is 151 Å². The molecule has 4 rings (SSSR count). The van der Waals surface area contributed by atoms with Gasteiger partial charge < -0.3 is 14.6 Å². The predicted octanol–water partition coefficient (Wildman–Crippen LogP) is 1.45. The number of para-hydroxylation sites is 1. The number of carbonyl (C=O) groups is 1. The first-order chi connectivity index (χ1) is 12.7. The molecule has 1 saturated heterocycles. The Bertz CT molecular complexity index is 896. The summed E-state index contributed by atoms with van der Waals surface area (Å²) < 4.78 is 9.07. The first-order valence-corrected chi connectivity index (χ1v) is 8.85. The van der Waals surface area contributed by atoms with Crippen LogP contribution in [0.3, 0.4) is 0 Å². The number of nitrogens with one attached hydrogen (secondary N) is 1. The van der Waals surface area contributed by atoms with Crippen LogP contribution in [0.4, 0.5) is 0 Å². The van der Waals surface area contributed by atoms with E-state index in [4.69, 9.17) is 4.74 Å². The molecule has 3 aromatic rings. The number of benzene rings is 1. The smallest absolute Gasteiger partial charge is 0.242 e. The van der Waals surface area contributed by atoms with Gasteiger partial charge in [0.25, 0.3) is 0 Å². The fourth-order valence-electron chi connectivity index (χ4n) is 3.51. The summed E-state index contributed by atoms with van der Waals surface area (Å²) in [6.07, 6.45) is 5.48. The van der Waals surface area contributed by atoms with Crippen molar-refractivity contribution in [1.29, 1.82) is 0 Å². The topological polar surface area (TPSA) is 86.9 Å². The van der Waals surface area contributed by atoms with Crippen LogP contribution >= 0.6 is 0 Å². The zero-order chi connectivity index (χ0) is 17.9. The van der Waals surface area contributed by atoms with Gasteiger partial charge in [0.05, 0.1) is 11.6 Å².